The van der Waals surface area contributed by atoms with E-state index in [-0.39, 0.29) is 0 Å². The fourth-order valence-corrected chi connectivity index (χ4v) is 2.51. The van der Waals surface area contributed by atoms with E-state index in [0.29, 0.717) is 6.04 Å². The van der Waals surface area contributed by atoms with Crippen molar-refractivity contribution in [2.24, 2.45) is 0 Å². The van der Waals surface area contributed by atoms with Crippen LogP contribution in [-0.4, -0.2) is 32.3 Å². The number of hydrogen-bond acceptors (Lipinski definition) is 3. The van der Waals surface area contributed by atoms with Crippen molar-refractivity contribution >= 4 is 16.7 Å². The standard InChI is InChI=1S/C13H25N3OS/c1-5-6-8-14-13-15-11(2)10-16(13)12(3)7-9-18(4)17/h10,12H,5-9H2,1-4H3,(H,14,15). The highest BCUT2D eigenvalue weighted by Crippen LogP contribution is 2.19. The third kappa shape index (κ3) is 4.80. The van der Waals surface area contributed by atoms with Gasteiger partial charge in [-0.15, -0.1) is 0 Å². The summed E-state index contributed by atoms with van der Waals surface area (Å²) in [7, 11) is -0.721. The van der Waals surface area contributed by atoms with E-state index in [0.717, 1.165) is 36.8 Å². The van der Waals surface area contributed by atoms with Crippen LogP contribution in [0.4, 0.5) is 5.95 Å². The molecule has 0 radical (unpaired) electrons. The number of aryl methyl sites for hydroxylation is 1. The van der Waals surface area contributed by atoms with Crippen LogP contribution >= 0.6 is 0 Å². The lowest BCUT2D eigenvalue weighted by Crippen LogP contribution is -2.13. The van der Waals surface area contributed by atoms with Gasteiger partial charge in [-0.3, -0.25) is 4.21 Å². The van der Waals surface area contributed by atoms with E-state index in [1.54, 1.807) is 6.26 Å². The van der Waals surface area contributed by atoms with Gasteiger partial charge in [-0.05, 0) is 26.7 Å². The Hall–Kier alpha value is -0.840. The average Bonchev–Trinajstić information content (AvgIpc) is 2.68. The summed E-state index contributed by atoms with van der Waals surface area (Å²) in [6.07, 6.45) is 7.07. The van der Waals surface area contributed by atoms with Crippen molar-refractivity contribution in [2.45, 2.75) is 46.1 Å². The van der Waals surface area contributed by atoms with Crippen LogP contribution in [0, 0.1) is 6.92 Å². The first-order valence-electron chi connectivity index (χ1n) is 6.64. The first kappa shape index (κ1) is 15.2. The van der Waals surface area contributed by atoms with Gasteiger partial charge in [0.2, 0.25) is 5.95 Å². The zero-order valence-electron chi connectivity index (χ0n) is 11.9. The molecule has 0 amide bonds. The Kier molecular flexibility index (Phi) is 6.39. The second-order valence-electron chi connectivity index (χ2n) is 4.81. The lowest BCUT2D eigenvalue weighted by molar-refractivity contribution is 0.535. The molecule has 1 N–H and O–H groups in total. The van der Waals surface area contributed by atoms with Gasteiger partial charge in [-0.25, -0.2) is 4.98 Å². The molecule has 2 atom stereocenters. The number of unbranched alkanes of at least 4 members (excludes halogenated alkanes) is 1. The molecule has 0 aliphatic rings. The van der Waals surface area contributed by atoms with Gasteiger partial charge in [0, 0.05) is 41.6 Å². The Morgan fingerprint density at radius 1 is 1.56 bits per heavy atom. The number of aromatic nitrogens is 2. The normalized spacial score (nSPS) is 14.4. The molecule has 0 aliphatic heterocycles. The van der Waals surface area contributed by atoms with Gasteiger partial charge in [-0.1, -0.05) is 13.3 Å². The summed E-state index contributed by atoms with van der Waals surface area (Å²) in [6, 6.07) is 0.333. The van der Waals surface area contributed by atoms with E-state index in [9.17, 15) is 4.21 Å². The second-order valence-corrected chi connectivity index (χ2v) is 6.36. The fraction of sp³-hybridized carbons (Fsp3) is 0.769. The van der Waals surface area contributed by atoms with Crippen LogP contribution in [0.1, 0.15) is 44.8 Å². The first-order valence-corrected chi connectivity index (χ1v) is 8.36. The predicted octanol–water partition coefficient (Wildman–Crippen LogP) is 2.73. The zero-order valence-corrected chi connectivity index (χ0v) is 12.7. The summed E-state index contributed by atoms with van der Waals surface area (Å²) in [6.45, 7) is 7.29. The van der Waals surface area contributed by atoms with E-state index >= 15 is 0 Å². The molecule has 1 aromatic heterocycles. The largest absolute Gasteiger partial charge is 0.356 e. The van der Waals surface area contributed by atoms with Gasteiger partial charge in [0.05, 0.1) is 5.69 Å². The van der Waals surface area contributed by atoms with Crippen LogP contribution in [0.15, 0.2) is 6.20 Å². The van der Waals surface area contributed by atoms with Crippen molar-refractivity contribution in [3.63, 3.8) is 0 Å². The Bertz CT molecular complexity index is 390. The molecule has 0 bridgehead atoms. The smallest absolute Gasteiger partial charge is 0.203 e. The zero-order chi connectivity index (χ0) is 13.5. The maximum atomic E-state index is 11.2. The molecule has 1 aromatic rings. The monoisotopic (exact) mass is 271 g/mol. The molecule has 0 saturated carbocycles. The summed E-state index contributed by atoms with van der Waals surface area (Å²) in [4.78, 5) is 4.51. The average molecular weight is 271 g/mol. The predicted molar refractivity (Wildman–Crippen MR) is 78.6 cm³/mol. The van der Waals surface area contributed by atoms with Crippen LogP contribution in [0.5, 0.6) is 0 Å². The molecule has 1 rings (SSSR count). The Morgan fingerprint density at radius 3 is 2.89 bits per heavy atom. The summed E-state index contributed by atoms with van der Waals surface area (Å²) < 4.78 is 13.3. The summed E-state index contributed by atoms with van der Waals surface area (Å²) in [5.41, 5.74) is 1.03. The minimum Gasteiger partial charge on any atom is -0.356 e. The van der Waals surface area contributed by atoms with E-state index in [1.807, 2.05) is 6.92 Å². The maximum Gasteiger partial charge on any atom is 0.203 e. The number of imidazole rings is 1. The van der Waals surface area contributed by atoms with Gasteiger partial charge >= 0.3 is 0 Å². The van der Waals surface area contributed by atoms with Crippen molar-refractivity contribution < 1.29 is 4.21 Å². The Labute approximate surface area is 113 Å². The summed E-state index contributed by atoms with van der Waals surface area (Å²) >= 11 is 0. The number of nitrogens with one attached hydrogen (secondary N) is 1. The molecular weight excluding hydrogens is 246 g/mol. The molecule has 1 heterocycles. The molecule has 0 fully saturated rings. The van der Waals surface area contributed by atoms with Crippen LogP contribution in [0.2, 0.25) is 0 Å². The molecule has 0 aliphatic carbocycles. The van der Waals surface area contributed by atoms with E-state index < -0.39 is 10.8 Å². The highest BCUT2D eigenvalue weighted by Gasteiger charge is 2.11. The Morgan fingerprint density at radius 2 is 2.28 bits per heavy atom. The fourth-order valence-electron chi connectivity index (χ4n) is 1.84. The van der Waals surface area contributed by atoms with E-state index in [4.69, 9.17) is 0 Å². The molecule has 104 valence electrons. The highest BCUT2D eigenvalue weighted by molar-refractivity contribution is 7.84. The lowest BCUT2D eigenvalue weighted by Gasteiger charge is -2.16. The number of nitrogens with zero attached hydrogens (tertiary/aromatic N) is 2. The SMILES string of the molecule is CCCCNc1nc(C)cn1C(C)CCS(C)=O. The van der Waals surface area contributed by atoms with Gasteiger partial charge in [0.1, 0.15) is 0 Å². The minimum atomic E-state index is -0.721. The van der Waals surface area contributed by atoms with E-state index in [1.165, 1.54) is 6.42 Å². The second kappa shape index (κ2) is 7.56. The third-order valence-electron chi connectivity index (χ3n) is 2.96. The maximum absolute atomic E-state index is 11.2. The molecule has 5 heteroatoms. The lowest BCUT2D eigenvalue weighted by atomic mass is 10.2. The quantitative estimate of drug-likeness (QED) is 0.740. The van der Waals surface area contributed by atoms with Gasteiger partial charge in [0.25, 0.3) is 0 Å². The summed E-state index contributed by atoms with van der Waals surface area (Å²) in [5.74, 6) is 1.68. The topological polar surface area (TPSA) is 46.9 Å². The van der Waals surface area contributed by atoms with Crippen molar-refractivity contribution in [3.05, 3.63) is 11.9 Å². The number of anilines is 1. The Balaban J connectivity index is 2.64. The molecule has 18 heavy (non-hydrogen) atoms. The van der Waals surface area contributed by atoms with Crippen molar-refractivity contribution in [1.29, 1.82) is 0 Å². The van der Waals surface area contributed by atoms with E-state index in [2.05, 4.69) is 34.9 Å². The van der Waals surface area contributed by atoms with Crippen molar-refractivity contribution in [3.8, 4) is 0 Å². The molecular formula is C13H25N3OS. The highest BCUT2D eigenvalue weighted by atomic mass is 32.2. The number of hydrogen-bond donors (Lipinski definition) is 1. The van der Waals surface area contributed by atoms with Crippen LogP contribution in [0.25, 0.3) is 0 Å². The van der Waals surface area contributed by atoms with Crippen molar-refractivity contribution in [1.82, 2.24) is 9.55 Å². The van der Waals surface area contributed by atoms with Gasteiger partial charge in [0.15, 0.2) is 0 Å². The molecule has 0 aromatic carbocycles. The molecule has 0 saturated heterocycles. The first-order chi connectivity index (χ1) is 8.54. The van der Waals surface area contributed by atoms with Gasteiger partial charge in [-0.2, -0.15) is 0 Å². The summed E-state index contributed by atoms with van der Waals surface area (Å²) in [5, 5.41) is 3.38. The molecule has 4 nitrogen and oxygen atoms in total. The van der Waals surface area contributed by atoms with Crippen LogP contribution in [-0.2, 0) is 10.8 Å². The van der Waals surface area contributed by atoms with Crippen molar-refractivity contribution in [2.75, 3.05) is 23.9 Å². The van der Waals surface area contributed by atoms with Gasteiger partial charge < -0.3 is 9.88 Å². The molecule has 0 spiro atoms. The van der Waals surface area contributed by atoms with Crippen LogP contribution in [0.3, 0.4) is 0 Å². The number of rotatable bonds is 8. The van der Waals surface area contributed by atoms with Crippen LogP contribution < -0.4 is 5.32 Å². The molecule has 2 unspecified atom stereocenters. The minimum absolute atomic E-state index is 0.333. The third-order valence-corrected chi connectivity index (χ3v) is 3.77.